The largest absolute Gasteiger partial charge is 0.355 e. The van der Waals surface area contributed by atoms with Gasteiger partial charge in [0.15, 0.2) is 0 Å². The van der Waals surface area contributed by atoms with Crippen molar-refractivity contribution in [1.29, 1.82) is 0 Å². The Morgan fingerprint density at radius 2 is 1.81 bits per heavy atom. The van der Waals surface area contributed by atoms with E-state index in [1.54, 1.807) is 0 Å². The number of hydrogen-bond acceptors (Lipinski definition) is 4. The lowest BCUT2D eigenvalue weighted by Crippen LogP contribution is -2.47. The third kappa shape index (κ3) is 4.78. The van der Waals surface area contributed by atoms with E-state index in [4.69, 9.17) is 0 Å². The number of rotatable bonds is 6. The summed E-state index contributed by atoms with van der Waals surface area (Å²) in [7, 11) is 0. The molecule has 0 bridgehead atoms. The first-order chi connectivity index (χ1) is 10.2. The molecule has 120 valence electrons. The minimum atomic E-state index is -0.0887. The van der Waals surface area contributed by atoms with Crippen molar-refractivity contribution in [2.24, 2.45) is 11.8 Å². The molecule has 0 radical (unpaired) electrons. The third-order valence-electron chi connectivity index (χ3n) is 4.80. The van der Waals surface area contributed by atoms with Crippen LogP contribution in [0.1, 0.15) is 39.0 Å². The van der Waals surface area contributed by atoms with Gasteiger partial charge in [-0.3, -0.25) is 14.5 Å². The zero-order valence-corrected chi connectivity index (χ0v) is 13.2. The van der Waals surface area contributed by atoms with Crippen molar-refractivity contribution in [3.05, 3.63) is 0 Å². The number of piperazine rings is 1. The van der Waals surface area contributed by atoms with Crippen molar-refractivity contribution in [2.75, 3.05) is 39.3 Å². The van der Waals surface area contributed by atoms with Crippen LogP contribution in [0.2, 0.25) is 0 Å². The van der Waals surface area contributed by atoms with Crippen molar-refractivity contribution in [3.8, 4) is 0 Å². The second kappa shape index (κ2) is 8.49. The van der Waals surface area contributed by atoms with Crippen molar-refractivity contribution >= 4 is 11.7 Å². The predicted molar refractivity (Wildman–Crippen MR) is 83.1 cm³/mol. The van der Waals surface area contributed by atoms with Crippen molar-refractivity contribution in [2.45, 2.75) is 39.0 Å². The van der Waals surface area contributed by atoms with Gasteiger partial charge in [-0.05, 0) is 12.8 Å². The SMILES string of the molecule is CCC(=O)C1CCCCC1C(=O)NCCN1CCNCC1. The first-order valence-electron chi connectivity index (χ1n) is 8.46. The Kier molecular flexibility index (Phi) is 6.64. The molecule has 2 N–H and O–H groups in total. The molecule has 0 aromatic rings. The third-order valence-corrected chi connectivity index (χ3v) is 4.80. The molecule has 21 heavy (non-hydrogen) atoms. The Labute approximate surface area is 127 Å². The molecule has 1 amide bonds. The fourth-order valence-electron chi connectivity index (χ4n) is 3.50. The van der Waals surface area contributed by atoms with Crippen LogP contribution < -0.4 is 10.6 Å². The van der Waals surface area contributed by atoms with E-state index >= 15 is 0 Å². The molecule has 1 saturated carbocycles. The number of carbonyl (C=O) groups is 2. The first kappa shape index (κ1) is 16.4. The highest BCUT2D eigenvalue weighted by atomic mass is 16.2. The number of nitrogens with zero attached hydrogens (tertiary/aromatic N) is 1. The fraction of sp³-hybridized carbons (Fsp3) is 0.875. The van der Waals surface area contributed by atoms with Crippen LogP contribution >= 0.6 is 0 Å². The van der Waals surface area contributed by atoms with Crippen LogP contribution in [0.3, 0.4) is 0 Å². The first-order valence-corrected chi connectivity index (χ1v) is 8.46. The summed E-state index contributed by atoms with van der Waals surface area (Å²) < 4.78 is 0. The molecule has 5 nitrogen and oxygen atoms in total. The second-order valence-electron chi connectivity index (χ2n) is 6.20. The lowest BCUT2D eigenvalue weighted by Gasteiger charge is -2.30. The van der Waals surface area contributed by atoms with E-state index in [0.717, 1.165) is 58.4 Å². The maximum absolute atomic E-state index is 12.4. The molecule has 2 unspecified atom stereocenters. The summed E-state index contributed by atoms with van der Waals surface area (Å²) in [4.78, 5) is 26.8. The van der Waals surface area contributed by atoms with Gasteiger partial charge in [-0.1, -0.05) is 19.8 Å². The van der Waals surface area contributed by atoms with Crippen LogP contribution in [0.25, 0.3) is 0 Å². The normalized spacial score (nSPS) is 27.3. The second-order valence-corrected chi connectivity index (χ2v) is 6.20. The smallest absolute Gasteiger partial charge is 0.223 e. The van der Waals surface area contributed by atoms with Crippen LogP contribution in [-0.4, -0.2) is 55.9 Å². The molecule has 1 aliphatic carbocycles. The lowest BCUT2D eigenvalue weighted by atomic mass is 9.76. The van der Waals surface area contributed by atoms with Crippen molar-refractivity contribution in [1.82, 2.24) is 15.5 Å². The van der Waals surface area contributed by atoms with E-state index in [9.17, 15) is 9.59 Å². The predicted octanol–water partition coefficient (Wildman–Crippen LogP) is 0.793. The Bertz CT molecular complexity index is 353. The highest BCUT2D eigenvalue weighted by molar-refractivity contribution is 5.88. The van der Waals surface area contributed by atoms with Crippen LogP contribution in [0, 0.1) is 11.8 Å². The average molecular weight is 295 g/mol. The van der Waals surface area contributed by atoms with Gasteiger partial charge in [0.25, 0.3) is 0 Å². The highest BCUT2D eigenvalue weighted by Gasteiger charge is 2.34. The number of nitrogens with one attached hydrogen (secondary N) is 2. The number of carbonyl (C=O) groups excluding carboxylic acids is 2. The minimum absolute atomic E-state index is 0.0389. The topological polar surface area (TPSA) is 61.4 Å². The summed E-state index contributed by atoms with van der Waals surface area (Å²) in [5, 5.41) is 6.38. The Morgan fingerprint density at radius 1 is 1.14 bits per heavy atom. The average Bonchev–Trinajstić information content (AvgIpc) is 2.55. The Hall–Kier alpha value is -0.940. The molecule has 2 rings (SSSR count). The van der Waals surface area contributed by atoms with Crippen LogP contribution in [0.15, 0.2) is 0 Å². The molecule has 0 spiro atoms. The van der Waals surface area contributed by atoms with Crippen LogP contribution in [0.5, 0.6) is 0 Å². The maximum Gasteiger partial charge on any atom is 0.223 e. The Balaban J connectivity index is 1.76. The molecule has 1 heterocycles. The molecule has 1 saturated heterocycles. The molecule has 0 aromatic heterocycles. The molecule has 2 atom stereocenters. The number of hydrogen-bond donors (Lipinski definition) is 2. The van der Waals surface area contributed by atoms with E-state index in [2.05, 4.69) is 15.5 Å². The van der Waals surface area contributed by atoms with E-state index in [1.807, 2.05) is 6.92 Å². The van der Waals surface area contributed by atoms with E-state index < -0.39 is 0 Å². The minimum Gasteiger partial charge on any atom is -0.355 e. The quantitative estimate of drug-likeness (QED) is 0.761. The molecule has 0 aromatic carbocycles. The van der Waals surface area contributed by atoms with Gasteiger partial charge < -0.3 is 10.6 Å². The fourth-order valence-corrected chi connectivity index (χ4v) is 3.50. The van der Waals surface area contributed by atoms with Crippen molar-refractivity contribution < 1.29 is 9.59 Å². The molecule has 5 heteroatoms. The van der Waals surface area contributed by atoms with Gasteiger partial charge in [0.2, 0.25) is 5.91 Å². The van der Waals surface area contributed by atoms with E-state index in [1.165, 1.54) is 0 Å². The van der Waals surface area contributed by atoms with Gasteiger partial charge in [0.1, 0.15) is 5.78 Å². The molecular formula is C16H29N3O2. The standard InChI is InChI=1S/C16H29N3O2/c1-2-15(20)13-5-3-4-6-14(13)16(21)18-9-12-19-10-7-17-8-11-19/h13-14,17H,2-12H2,1H3,(H,18,21). The van der Waals surface area contributed by atoms with Crippen LogP contribution in [0.4, 0.5) is 0 Å². The van der Waals surface area contributed by atoms with Crippen molar-refractivity contribution in [3.63, 3.8) is 0 Å². The number of ketones is 1. The van der Waals surface area contributed by atoms with Gasteiger partial charge >= 0.3 is 0 Å². The van der Waals surface area contributed by atoms with Gasteiger partial charge in [-0.25, -0.2) is 0 Å². The summed E-state index contributed by atoms with van der Waals surface area (Å²) in [5.74, 6) is 0.228. The summed E-state index contributed by atoms with van der Waals surface area (Å²) in [6, 6.07) is 0. The number of Topliss-reactive ketones (excluding diaryl/α,β-unsaturated/α-hetero) is 1. The lowest BCUT2D eigenvalue weighted by molar-refractivity contribution is -0.135. The van der Waals surface area contributed by atoms with E-state index in [-0.39, 0.29) is 23.5 Å². The molecule has 1 aliphatic heterocycles. The molecule has 2 fully saturated rings. The van der Waals surface area contributed by atoms with Gasteiger partial charge in [-0.2, -0.15) is 0 Å². The van der Waals surface area contributed by atoms with Gasteiger partial charge in [0.05, 0.1) is 0 Å². The summed E-state index contributed by atoms with van der Waals surface area (Å²) in [5.41, 5.74) is 0. The summed E-state index contributed by atoms with van der Waals surface area (Å²) in [6.07, 6.45) is 4.47. The van der Waals surface area contributed by atoms with Crippen LogP contribution in [-0.2, 0) is 9.59 Å². The molecular weight excluding hydrogens is 266 g/mol. The summed E-state index contributed by atoms with van der Waals surface area (Å²) in [6.45, 7) is 7.67. The number of amides is 1. The van der Waals surface area contributed by atoms with Gasteiger partial charge in [-0.15, -0.1) is 0 Å². The Morgan fingerprint density at radius 3 is 2.48 bits per heavy atom. The molecule has 2 aliphatic rings. The highest BCUT2D eigenvalue weighted by Crippen LogP contribution is 2.31. The summed E-state index contributed by atoms with van der Waals surface area (Å²) >= 11 is 0. The van der Waals surface area contributed by atoms with Gasteiger partial charge in [0, 0.05) is 57.5 Å². The van der Waals surface area contributed by atoms with E-state index in [0.29, 0.717) is 13.0 Å². The monoisotopic (exact) mass is 295 g/mol. The zero-order valence-electron chi connectivity index (χ0n) is 13.2. The zero-order chi connectivity index (χ0) is 15.1. The maximum atomic E-state index is 12.4.